The van der Waals surface area contributed by atoms with Crippen LogP contribution in [0.4, 0.5) is 0 Å². The quantitative estimate of drug-likeness (QED) is 0.656. The second-order valence-corrected chi connectivity index (χ2v) is 8.29. The molecule has 5 rings (SSSR count). The van der Waals surface area contributed by atoms with Gasteiger partial charge in [-0.25, -0.2) is 0 Å². The minimum atomic E-state index is -1.04. The van der Waals surface area contributed by atoms with Gasteiger partial charge >= 0.3 is 0 Å². The SMILES string of the molecule is C=C1CCC(O)(C=NCC2CC2)C23CCCc4ccc(O)c(c42)OC13. The third-order valence-electron chi connectivity index (χ3n) is 6.71. The van der Waals surface area contributed by atoms with Gasteiger partial charge in [0.25, 0.3) is 0 Å². The lowest BCUT2D eigenvalue weighted by molar-refractivity contribution is -0.0399. The van der Waals surface area contributed by atoms with Gasteiger partial charge in [-0.1, -0.05) is 12.6 Å². The minimum Gasteiger partial charge on any atom is -0.504 e. The molecule has 1 aromatic carbocycles. The van der Waals surface area contributed by atoms with Crippen molar-refractivity contribution in [1.29, 1.82) is 0 Å². The molecule has 3 atom stereocenters. The fourth-order valence-corrected chi connectivity index (χ4v) is 5.22. The number of phenols is 1. The molecule has 0 saturated heterocycles. The van der Waals surface area contributed by atoms with Crippen molar-refractivity contribution in [3.63, 3.8) is 0 Å². The number of benzene rings is 1. The molecule has 1 spiro atoms. The maximum Gasteiger partial charge on any atom is 0.166 e. The van der Waals surface area contributed by atoms with Crippen LogP contribution in [0.5, 0.6) is 11.5 Å². The van der Waals surface area contributed by atoms with Gasteiger partial charge in [0.05, 0.1) is 5.41 Å². The van der Waals surface area contributed by atoms with E-state index in [9.17, 15) is 10.2 Å². The summed E-state index contributed by atoms with van der Waals surface area (Å²) in [6.45, 7) is 5.05. The molecule has 4 heteroatoms. The van der Waals surface area contributed by atoms with Gasteiger partial charge in [0.15, 0.2) is 11.5 Å². The summed E-state index contributed by atoms with van der Waals surface area (Å²) in [5.74, 6) is 1.42. The molecule has 25 heavy (non-hydrogen) atoms. The van der Waals surface area contributed by atoms with Gasteiger partial charge in [-0.3, -0.25) is 4.99 Å². The van der Waals surface area contributed by atoms with Gasteiger partial charge < -0.3 is 14.9 Å². The highest BCUT2D eigenvalue weighted by atomic mass is 16.5. The summed E-state index contributed by atoms with van der Waals surface area (Å²) in [6, 6.07) is 3.70. The molecule has 1 aromatic rings. The van der Waals surface area contributed by atoms with Crippen LogP contribution in [0.2, 0.25) is 0 Å². The second-order valence-electron chi connectivity index (χ2n) is 8.29. The third-order valence-corrected chi connectivity index (χ3v) is 6.71. The summed E-state index contributed by atoms with van der Waals surface area (Å²) in [5, 5.41) is 22.2. The first-order valence-corrected chi connectivity index (χ1v) is 9.48. The highest BCUT2D eigenvalue weighted by Crippen LogP contribution is 2.62. The predicted molar refractivity (Wildman–Crippen MR) is 96.5 cm³/mol. The summed E-state index contributed by atoms with van der Waals surface area (Å²) in [5.41, 5.74) is 1.61. The number of nitrogens with zero attached hydrogens (tertiary/aromatic N) is 1. The Labute approximate surface area is 148 Å². The Balaban J connectivity index is 1.67. The highest BCUT2D eigenvalue weighted by molar-refractivity contribution is 5.77. The van der Waals surface area contributed by atoms with E-state index in [0.717, 1.165) is 43.4 Å². The van der Waals surface area contributed by atoms with Crippen molar-refractivity contribution in [3.8, 4) is 11.5 Å². The number of aliphatic imine (C=N–C) groups is 1. The van der Waals surface area contributed by atoms with Crippen molar-refractivity contribution >= 4 is 6.21 Å². The summed E-state index contributed by atoms with van der Waals surface area (Å²) in [6.07, 6.45) is 8.19. The number of rotatable bonds is 3. The van der Waals surface area contributed by atoms with Crippen molar-refractivity contribution in [2.24, 2.45) is 10.9 Å². The maximum atomic E-state index is 11.8. The van der Waals surface area contributed by atoms with E-state index in [1.165, 1.54) is 18.4 Å². The number of aromatic hydroxyl groups is 1. The van der Waals surface area contributed by atoms with E-state index in [4.69, 9.17) is 4.74 Å². The van der Waals surface area contributed by atoms with Crippen LogP contribution in [0.3, 0.4) is 0 Å². The zero-order valence-electron chi connectivity index (χ0n) is 14.5. The monoisotopic (exact) mass is 339 g/mol. The lowest BCUT2D eigenvalue weighted by Crippen LogP contribution is -2.62. The summed E-state index contributed by atoms with van der Waals surface area (Å²) >= 11 is 0. The van der Waals surface area contributed by atoms with E-state index in [2.05, 4.69) is 11.6 Å². The largest absolute Gasteiger partial charge is 0.504 e. The Morgan fingerprint density at radius 3 is 2.92 bits per heavy atom. The molecule has 3 aliphatic carbocycles. The van der Waals surface area contributed by atoms with Crippen LogP contribution in [0.15, 0.2) is 29.3 Å². The van der Waals surface area contributed by atoms with Crippen molar-refractivity contribution in [1.82, 2.24) is 0 Å². The molecular formula is C21H25NO3. The molecule has 2 saturated carbocycles. The molecular weight excluding hydrogens is 314 g/mol. The van der Waals surface area contributed by atoms with Crippen molar-refractivity contribution < 1.29 is 14.9 Å². The van der Waals surface area contributed by atoms with Gasteiger partial charge in [-0.2, -0.15) is 0 Å². The number of phenolic OH excluding ortho intramolecular Hbond substituents is 1. The average Bonchev–Trinajstić information content (AvgIpc) is 3.34. The molecule has 4 nitrogen and oxygen atoms in total. The average molecular weight is 339 g/mol. The number of aryl methyl sites for hydroxylation is 1. The van der Waals surface area contributed by atoms with Crippen LogP contribution in [-0.4, -0.2) is 34.7 Å². The Morgan fingerprint density at radius 2 is 2.12 bits per heavy atom. The normalized spacial score (nSPS) is 36.2. The molecule has 0 amide bonds. The van der Waals surface area contributed by atoms with Crippen LogP contribution in [0, 0.1) is 5.92 Å². The number of hydrogen-bond donors (Lipinski definition) is 2. The zero-order valence-corrected chi connectivity index (χ0v) is 14.5. The Hall–Kier alpha value is -1.81. The van der Waals surface area contributed by atoms with Crippen LogP contribution in [0.25, 0.3) is 0 Å². The van der Waals surface area contributed by atoms with E-state index in [1.54, 1.807) is 6.07 Å². The molecule has 0 bridgehead atoms. The standard InChI is InChI=1S/C21H25NO3/c1-13-8-10-20(24,12-22-11-14-4-5-14)21-9-2-3-15-6-7-16(23)18(17(15)21)25-19(13)21/h6-7,12,14,19,23-24H,1-5,8-11H2. The first kappa shape index (κ1) is 15.4. The lowest BCUT2D eigenvalue weighted by atomic mass is 9.53. The maximum absolute atomic E-state index is 11.8. The molecule has 132 valence electrons. The fourth-order valence-electron chi connectivity index (χ4n) is 5.22. The topological polar surface area (TPSA) is 62.1 Å². The molecule has 1 heterocycles. The van der Waals surface area contributed by atoms with E-state index < -0.39 is 11.0 Å². The summed E-state index contributed by atoms with van der Waals surface area (Å²) < 4.78 is 6.23. The number of ether oxygens (including phenoxy) is 1. The lowest BCUT2D eigenvalue weighted by Gasteiger charge is -2.51. The van der Waals surface area contributed by atoms with Gasteiger partial charge in [-0.15, -0.1) is 0 Å². The molecule has 2 N–H and O–H groups in total. The van der Waals surface area contributed by atoms with Crippen LogP contribution in [-0.2, 0) is 11.8 Å². The Bertz CT molecular complexity index is 782. The molecule has 0 radical (unpaired) electrons. The molecule has 1 aliphatic heterocycles. The summed E-state index contributed by atoms with van der Waals surface area (Å²) in [4.78, 5) is 4.63. The van der Waals surface area contributed by atoms with Crippen LogP contribution in [0.1, 0.15) is 49.7 Å². The smallest absolute Gasteiger partial charge is 0.166 e. The van der Waals surface area contributed by atoms with Crippen molar-refractivity contribution in [2.75, 3.05) is 6.54 Å². The van der Waals surface area contributed by atoms with Gasteiger partial charge in [0.2, 0.25) is 0 Å². The fraction of sp³-hybridized carbons (Fsp3) is 0.571. The van der Waals surface area contributed by atoms with Crippen molar-refractivity contribution in [2.45, 2.75) is 62.1 Å². The van der Waals surface area contributed by atoms with Crippen LogP contribution >= 0.6 is 0 Å². The Kier molecular flexibility index (Phi) is 3.15. The molecule has 2 fully saturated rings. The first-order valence-electron chi connectivity index (χ1n) is 9.48. The van der Waals surface area contributed by atoms with E-state index in [0.29, 0.717) is 18.1 Å². The molecule has 0 aromatic heterocycles. The van der Waals surface area contributed by atoms with Gasteiger partial charge in [0, 0.05) is 18.3 Å². The second kappa shape index (κ2) is 5.10. The zero-order chi connectivity index (χ0) is 17.2. The molecule has 4 aliphatic rings. The van der Waals surface area contributed by atoms with Crippen molar-refractivity contribution in [3.05, 3.63) is 35.4 Å². The molecule has 3 unspecified atom stereocenters. The highest BCUT2D eigenvalue weighted by Gasteiger charge is 2.65. The predicted octanol–water partition coefficient (Wildman–Crippen LogP) is 3.29. The first-order chi connectivity index (χ1) is 12.1. The third kappa shape index (κ3) is 2.00. The van der Waals surface area contributed by atoms with E-state index in [1.807, 2.05) is 12.3 Å². The number of aliphatic hydroxyl groups is 1. The van der Waals surface area contributed by atoms with E-state index >= 15 is 0 Å². The van der Waals surface area contributed by atoms with E-state index in [-0.39, 0.29) is 11.9 Å². The van der Waals surface area contributed by atoms with Gasteiger partial charge in [0.1, 0.15) is 11.7 Å². The van der Waals surface area contributed by atoms with Crippen LogP contribution < -0.4 is 4.74 Å². The minimum absolute atomic E-state index is 0.166. The Morgan fingerprint density at radius 1 is 1.28 bits per heavy atom. The summed E-state index contributed by atoms with van der Waals surface area (Å²) in [7, 11) is 0. The van der Waals surface area contributed by atoms with Gasteiger partial charge in [-0.05, 0) is 68.1 Å². The number of hydrogen-bond acceptors (Lipinski definition) is 4.